The van der Waals surface area contributed by atoms with E-state index in [9.17, 15) is 18.3 Å². The summed E-state index contributed by atoms with van der Waals surface area (Å²) in [5.41, 5.74) is 0.708. The van der Waals surface area contributed by atoms with E-state index in [-0.39, 0.29) is 35.6 Å². The van der Waals surface area contributed by atoms with E-state index in [1.807, 2.05) is 6.92 Å². The number of hydrogen-bond donors (Lipinski definition) is 1. The zero-order chi connectivity index (χ0) is 23.5. The van der Waals surface area contributed by atoms with Gasteiger partial charge in [0.25, 0.3) is 0 Å². The molecule has 1 aliphatic carbocycles. The number of nitrogens with zero attached hydrogens (tertiary/aromatic N) is 2. The maximum atomic E-state index is 13.5. The van der Waals surface area contributed by atoms with E-state index in [0.717, 1.165) is 12.8 Å². The topological polar surface area (TPSA) is 87.2 Å². The van der Waals surface area contributed by atoms with Gasteiger partial charge in [-0.15, -0.1) is 0 Å². The monoisotopic (exact) mass is 462 g/mol. The molecule has 0 unspecified atom stereocenters. The van der Waals surface area contributed by atoms with Gasteiger partial charge >= 0.3 is 0 Å². The highest BCUT2D eigenvalue weighted by molar-refractivity contribution is 7.89. The number of ether oxygens (including phenoxy) is 1. The number of hydrogen-bond acceptors (Lipinski definition) is 5. The zero-order valence-corrected chi connectivity index (χ0v) is 20.2. The van der Waals surface area contributed by atoms with Crippen molar-refractivity contribution in [2.45, 2.75) is 63.5 Å². The highest BCUT2D eigenvalue weighted by Gasteiger charge is 2.38. The number of carbonyl (C=O) groups excluding carboxylic acids is 1. The Balaban J connectivity index is 2.04. The van der Waals surface area contributed by atoms with Gasteiger partial charge in [0.2, 0.25) is 15.9 Å². The van der Waals surface area contributed by atoms with Crippen LogP contribution in [0.3, 0.4) is 0 Å². The summed E-state index contributed by atoms with van der Waals surface area (Å²) in [6.45, 7) is 5.30. The standard InChI is InChI=1S/C24H34N2O5S/c1-17-14-26(18(2)16-27)32(29,30)24-12-11-21(10-9-20-7-5-6-8-20)13-22(24)31-23(17)15-25(4)19(3)28/h11-13,17-18,20,23,27H,5-8,14-16H2,1-4H3/t17-,18+,23-/m1/s1. The molecular weight excluding hydrogens is 428 g/mol. The smallest absolute Gasteiger partial charge is 0.247 e. The SMILES string of the molecule is CC(=O)N(C)C[C@H]1Oc2cc(C#CC3CCCC3)ccc2S(=O)(=O)N([C@@H](C)CO)C[C@H]1C. The normalized spacial score (nSPS) is 24.3. The van der Waals surface area contributed by atoms with Crippen LogP contribution in [0.4, 0.5) is 0 Å². The molecule has 0 aromatic heterocycles. The van der Waals surface area contributed by atoms with Crippen LogP contribution in [0, 0.1) is 23.7 Å². The van der Waals surface area contributed by atoms with Gasteiger partial charge in [-0.05, 0) is 38.0 Å². The van der Waals surface area contributed by atoms with E-state index in [4.69, 9.17) is 4.74 Å². The van der Waals surface area contributed by atoms with Crippen molar-refractivity contribution < 1.29 is 23.1 Å². The summed E-state index contributed by atoms with van der Waals surface area (Å²) in [6, 6.07) is 4.37. The first-order chi connectivity index (χ1) is 15.1. The average Bonchev–Trinajstić information content (AvgIpc) is 3.27. The lowest BCUT2D eigenvalue weighted by Crippen LogP contribution is -2.50. The van der Waals surface area contributed by atoms with E-state index in [1.165, 1.54) is 24.1 Å². The van der Waals surface area contributed by atoms with Crippen LogP contribution in [-0.4, -0.2) is 67.5 Å². The highest BCUT2D eigenvalue weighted by atomic mass is 32.2. The maximum Gasteiger partial charge on any atom is 0.247 e. The third kappa shape index (κ3) is 5.45. The first kappa shape index (κ1) is 24.6. The van der Waals surface area contributed by atoms with Crippen molar-refractivity contribution >= 4 is 15.9 Å². The number of rotatable bonds is 4. The van der Waals surface area contributed by atoms with Gasteiger partial charge in [0.1, 0.15) is 16.7 Å². The quantitative estimate of drug-likeness (QED) is 0.695. The molecule has 1 heterocycles. The van der Waals surface area contributed by atoms with Crippen molar-refractivity contribution in [3.8, 4) is 17.6 Å². The summed E-state index contributed by atoms with van der Waals surface area (Å²) in [5, 5.41) is 9.71. The van der Waals surface area contributed by atoms with E-state index in [1.54, 1.807) is 37.1 Å². The molecule has 8 heteroatoms. The van der Waals surface area contributed by atoms with Crippen LogP contribution >= 0.6 is 0 Å². The van der Waals surface area contributed by atoms with E-state index in [2.05, 4.69) is 11.8 Å². The Hall–Kier alpha value is -2.08. The van der Waals surface area contributed by atoms with Gasteiger partial charge in [0.05, 0.1) is 13.2 Å². The molecule has 32 heavy (non-hydrogen) atoms. The predicted molar refractivity (Wildman–Crippen MR) is 123 cm³/mol. The van der Waals surface area contributed by atoms with Gasteiger partial charge in [0, 0.05) is 44.0 Å². The van der Waals surface area contributed by atoms with Crippen molar-refractivity contribution in [2.24, 2.45) is 11.8 Å². The molecule has 1 aromatic carbocycles. The lowest BCUT2D eigenvalue weighted by Gasteiger charge is -2.37. The second kappa shape index (κ2) is 10.2. The molecule has 1 fully saturated rings. The van der Waals surface area contributed by atoms with Gasteiger partial charge in [-0.1, -0.05) is 31.6 Å². The van der Waals surface area contributed by atoms with Crippen LogP contribution in [0.15, 0.2) is 23.1 Å². The van der Waals surface area contributed by atoms with Crippen LogP contribution in [0.2, 0.25) is 0 Å². The number of carbonyl (C=O) groups is 1. The van der Waals surface area contributed by atoms with Crippen LogP contribution in [0.1, 0.15) is 52.0 Å². The summed E-state index contributed by atoms with van der Waals surface area (Å²) in [5.74, 6) is 6.83. The number of fused-ring (bicyclic) bond motifs is 1. The predicted octanol–water partition coefficient (Wildman–Crippen LogP) is 2.48. The molecular formula is C24H34N2O5S. The fourth-order valence-electron chi connectivity index (χ4n) is 4.18. The van der Waals surface area contributed by atoms with Gasteiger partial charge in [-0.25, -0.2) is 8.42 Å². The molecule has 0 bridgehead atoms. The van der Waals surface area contributed by atoms with E-state index in [0.29, 0.717) is 18.0 Å². The Morgan fingerprint density at radius 2 is 2.03 bits per heavy atom. The Morgan fingerprint density at radius 1 is 1.34 bits per heavy atom. The minimum absolute atomic E-state index is 0.0617. The molecule has 0 saturated heterocycles. The van der Waals surface area contributed by atoms with Gasteiger partial charge < -0.3 is 14.7 Å². The fourth-order valence-corrected chi connectivity index (χ4v) is 6.00. The number of benzene rings is 1. The third-order valence-electron chi connectivity index (χ3n) is 6.43. The molecule has 0 spiro atoms. The third-order valence-corrected chi connectivity index (χ3v) is 8.45. The summed E-state index contributed by atoms with van der Waals surface area (Å²) >= 11 is 0. The Labute approximate surface area is 191 Å². The Morgan fingerprint density at radius 3 is 2.66 bits per heavy atom. The van der Waals surface area contributed by atoms with Crippen LogP contribution in [-0.2, 0) is 14.8 Å². The van der Waals surface area contributed by atoms with Crippen molar-refractivity contribution in [2.75, 3.05) is 26.7 Å². The zero-order valence-electron chi connectivity index (χ0n) is 19.4. The Kier molecular flexibility index (Phi) is 7.86. The van der Waals surface area contributed by atoms with Crippen molar-refractivity contribution in [3.63, 3.8) is 0 Å². The second-order valence-electron chi connectivity index (χ2n) is 9.05. The first-order valence-electron chi connectivity index (χ1n) is 11.3. The lowest BCUT2D eigenvalue weighted by atomic mass is 10.0. The largest absolute Gasteiger partial charge is 0.487 e. The van der Waals surface area contributed by atoms with Gasteiger partial charge in [-0.2, -0.15) is 4.31 Å². The van der Waals surface area contributed by atoms with E-state index >= 15 is 0 Å². The van der Waals surface area contributed by atoms with Crippen molar-refractivity contribution in [1.29, 1.82) is 0 Å². The average molecular weight is 463 g/mol. The van der Waals surface area contributed by atoms with Crippen LogP contribution in [0.5, 0.6) is 5.75 Å². The molecule has 1 N–H and O–H groups in total. The molecule has 1 amide bonds. The molecule has 3 atom stereocenters. The molecule has 7 nitrogen and oxygen atoms in total. The Bertz CT molecular complexity index is 991. The molecule has 1 aliphatic heterocycles. The molecule has 1 aromatic rings. The minimum atomic E-state index is -3.88. The number of amides is 1. The molecule has 2 aliphatic rings. The van der Waals surface area contributed by atoms with E-state index < -0.39 is 22.2 Å². The number of aliphatic hydroxyl groups is 1. The fraction of sp³-hybridized carbons (Fsp3) is 0.625. The van der Waals surface area contributed by atoms with Crippen LogP contribution < -0.4 is 4.74 Å². The summed E-state index contributed by atoms with van der Waals surface area (Å²) < 4.78 is 34.5. The van der Waals surface area contributed by atoms with Crippen LogP contribution in [0.25, 0.3) is 0 Å². The summed E-state index contributed by atoms with van der Waals surface area (Å²) in [6.07, 6.45) is 4.20. The van der Waals surface area contributed by atoms with Crippen molar-refractivity contribution in [3.05, 3.63) is 23.8 Å². The van der Waals surface area contributed by atoms with Crippen molar-refractivity contribution in [1.82, 2.24) is 9.21 Å². The highest BCUT2D eigenvalue weighted by Crippen LogP contribution is 2.34. The summed E-state index contributed by atoms with van der Waals surface area (Å²) in [4.78, 5) is 13.5. The van der Waals surface area contributed by atoms with Gasteiger partial charge in [0.15, 0.2) is 0 Å². The first-order valence-corrected chi connectivity index (χ1v) is 12.7. The van der Waals surface area contributed by atoms with Gasteiger partial charge in [-0.3, -0.25) is 4.79 Å². The number of sulfonamides is 1. The molecule has 0 radical (unpaired) electrons. The molecule has 176 valence electrons. The number of aliphatic hydroxyl groups excluding tert-OH is 1. The summed E-state index contributed by atoms with van der Waals surface area (Å²) in [7, 11) is -2.18. The maximum absolute atomic E-state index is 13.5. The second-order valence-corrected chi connectivity index (χ2v) is 10.9. The lowest BCUT2D eigenvalue weighted by molar-refractivity contribution is -0.129. The minimum Gasteiger partial charge on any atom is -0.487 e. The molecule has 3 rings (SSSR count). The number of likely N-dealkylation sites (N-methyl/N-ethyl adjacent to an activating group) is 1. The molecule has 1 saturated carbocycles.